The molecule has 11 rings (SSSR count). The molecule has 266 valence electrons. The maximum absolute atomic E-state index is 5.42. The zero-order chi connectivity index (χ0) is 37.7. The van der Waals surface area contributed by atoms with Gasteiger partial charge < -0.3 is 0 Å². The second kappa shape index (κ2) is 13.8. The molecule has 0 saturated heterocycles. The first kappa shape index (κ1) is 33.1. The van der Waals surface area contributed by atoms with Gasteiger partial charge in [-0.2, -0.15) is 0 Å². The molecule has 11 aromatic rings. The SMILES string of the molecule is c1ccc(-c2cccc(-c3cc(-c4ccc(-c5cccc(-c6nc7ccc8ccccc8c7c7sc8ccccc8c67)c5)cc4)nc(-c4ccccc4)n3)c2)cc1. The van der Waals surface area contributed by atoms with Gasteiger partial charge >= 0.3 is 0 Å². The molecular formula is C53H33N3S. The highest BCUT2D eigenvalue weighted by atomic mass is 32.1. The van der Waals surface area contributed by atoms with Crippen LogP contribution in [0.3, 0.4) is 0 Å². The molecule has 3 aromatic heterocycles. The van der Waals surface area contributed by atoms with Crippen LogP contribution in [0, 0.1) is 0 Å². The standard InChI is InChI=1S/C53H33N3S/c1-3-13-34(14-4-1)39-18-11-20-41(31-39)47-33-46(55-53(56-47)38-16-5-2-6-17-38)37-27-25-35(26-28-37)40-19-12-21-42(32-40)51-50-44-23-9-10-24-48(44)57-52(50)49-43-22-8-7-15-36(43)29-30-45(49)54-51/h1-33H. The van der Waals surface area contributed by atoms with E-state index in [0.717, 1.165) is 61.5 Å². The molecule has 0 fully saturated rings. The minimum Gasteiger partial charge on any atom is -0.247 e. The summed E-state index contributed by atoms with van der Waals surface area (Å²) >= 11 is 1.86. The Bertz CT molecular complexity index is 3280. The Morgan fingerprint density at radius 2 is 0.895 bits per heavy atom. The molecule has 0 aliphatic rings. The van der Waals surface area contributed by atoms with E-state index >= 15 is 0 Å². The Kier molecular flexibility index (Phi) is 8.01. The predicted molar refractivity (Wildman–Crippen MR) is 240 cm³/mol. The number of hydrogen-bond donors (Lipinski definition) is 0. The van der Waals surface area contributed by atoms with Crippen LogP contribution < -0.4 is 0 Å². The topological polar surface area (TPSA) is 38.7 Å². The van der Waals surface area contributed by atoms with Crippen molar-refractivity contribution in [3.05, 3.63) is 200 Å². The van der Waals surface area contributed by atoms with Crippen molar-refractivity contribution in [1.29, 1.82) is 0 Å². The first-order chi connectivity index (χ1) is 28.2. The van der Waals surface area contributed by atoms with E-state index in [1.807, 2.05) is 35.6 Å². The van der Waals surface area contributed by atoms with Crippen LogP contribution in [-0.4, -0.2) is 15.0 Å². The molecule has 3 heterocycles. The van der Waals surface area contributed by atoms with Gasteiger partial charge in [0, 0.05) is 47.8 Å². The summed E-state index contributed by atoms with van der Waals surface area (Å²) in [4.78, 5) is 15.6. The van der Waals surface area contributed by atoms with E-state index in [1.54, 1.807) is 0 Å². The maximum Gasteiger partial charge on any atom is 0.160 e. The molecule has 0 bridgehead atoms. The van der Waals surface area contributed by atoms with Gasteiger partial charge in [0.05, 0.1) is 22.6 Å². The summed E-state index contributed by atoms with van der Waals surface area (Å²) < 4.78 is 2.56. The van der Waals surface area contributed by atoms with Crippen LogP contribution in [0.25, 0.3) is 109 Å². The van der Waals surface area contributed by atoms with E-state index in [0.29, 0.717) is 5.82 Å². The normalized spacial score (nSPS) is 11.5. The van der Waals surface area contributed by atoms with Crippen LogP contribution in [0.15, 0.2) is 200 Å². The number of pyridine rings is 1. The molecule has 0 N–H and O–H groups in total. The zero-order valence-electron chi connectivity index (χ0n) is 30.8. The number of nitrogens with zero attached hydrogens (tertiary/aromatic N) is 3. The quantitative estimate of drug-likeness (QED) is 0.159. The highest BCUT2D eigenvalue weighted by Gasteiger charge is 2.18. The van der Waals surface area contributed by atoms with Crippen LogP contribution >= 0.6 is 11.3 Å². The van der Waals surface area contributed by atoms with Gasteiger partial charge in [-0.25, -0.2) is 15.0 Å². The van der Waals surface area contributed by atoms with Gasteiger partial charge in [-0.3, -0.25) is 0 Å². The third-order valence-corrected chi connectivity index (χ3v) is 12.1. The fourth-order valence-corrected chi connectivity index (χ4v) is 9.33. The van der Waals surface area contributed by atoms with Gasteiger partial charge in [-0.05, 0) is 63.4 Å². The van der Waals surface area contributed by atoms with Crippen molar-refractivity contribution in [2.75, 3.05) is 0 Å². The third-order valence-electron chi connectivity index (χ3n) is 10.9. The van der Waals surface area contributed by atoms with Gasteiger partial charge in [0.25, 0.3) is 0 Å². The number of benzene rings is 8. The Morgan fingerprint density at radius 1 is 0.333 bits per heavy atom. The van der Waals surface area contributed by atoms with Crippen molar-refractivity contribution >= 4 is 53.2 Å². The second-order valence-electron chi connectivity index (χ2n) is 14.4. The lowest BCUT2D eigenvalue weighted by Gasteiger charge is -2.12. The number of thiophene rings is 1. The molecular weight excluding hydrogens is 711 g/mol. The Morgan fingerprint density at radius 3 is 1.67 bits per heavy atom. The van der Waals surface area contributed by atoms with Crippen molar-refractivity contribution in [2.24, 2.45) is 0 Å². The largest absolute Gasteiger partial charge is 0.247 e. The molecule has 0 aliphatic heterocycles. The van der Waals surface area contributed by atoms with Gasteiger partial charge in [-0.15, -0.1) is 11.3 Å². The molecule has 57 heavy (non-hydrogen) atoms. The summed E-state index contributed by atoms with van der Waals surface area (Å²) in [5.41, 5.74) is 12.6. The summed E-state index contributed by atoms with van der Waals surface area (Å²) in [6.45, 7) is 0. The van der Waals surface area contributed by atoms with Crippen LogP contribution in [0.2, 0.25) is 0 Å². The average Bonchev–Trinajstić information content (AvgIpc) is 3.69. The first-order valence-electron chi connectivity index (χ1n) is 19.2. The molecule has 0 amide bonds. The van der Waals surface area contributed by atoms with Gasteiger partial charge in [-0.1, -0.05) is 170 Å². The smallest absolute Gasteiger partial charge is 0.160 e. The fourth-order valence-electron chi connectivity index (χ4n) is 8.06. The molecule has 0 unspecified atom stereocenters. The summed E-state index contributed by atoms with van der Waals surface area (Å²) in [5, 5.41) is 6.17. The van der Waals surface area contributed by atoms with Crippen LogP contribution in [-0.2, 0) is 0 Å². The van der Waals surface area contributed by atoms with Gasteiger partial charge in [0.2, 0.25) is 0 Å². The lowest BCUT2D eigenvalue weighted by atomic mass is 9.96. The van der Waals surface area contributed by atoms with Crippen molar-refractivity contribution in [1.82, 2.24) is 15.0 Å². The van der Waals surface area contributed by atoms with E-state index < -0.39 is 0 Å². The lowest BCUT2D eigenvalue weighted by Crippen LogP contribution is -1.96. The van der Waals surface area contributed by atoms with E-state index in [2.05, 4.69) is 176 Å². The molecule has 0 atom stereocenters. The Labute approximate surface area is 334 Å². The first-order valence-corrected chi connectivity index (χ1v) is 20.0. The van der Waals surface area contributed by atoms with Gasteiger partial charge in [0.1, 0.15) is 0 Å². The molecule has 0 spiro atoms. The van der Waals surface area contributed by atoms with Crippen LogP contribution in [0.5, 0.6) is 0 Å². The maximum atomic E-state index is 5.42. The van der Waals surface area contributed by atoms with E-state index in [9.17, 15) is 0 Å². The van der Waals surface area contributed by atoms with Crippen LogP contribution in [0.4, 0.5) is 0 Å². The number of aromatic nitrogens is 3. The monoisotopic (exact) mass is 743 g/mol. The molecule has 8 aromatic carbocycles. The number of fused-ring (bicyclic) bond motifs is 7. The molecule has 3 nitrogen and oxygen atoms in total. The molecule has 4 heteroatoms. The highest BCUT2D eigenvalue weighted by molar-refractivity contribution is 7.27. The predicted octanol–water partition coefficient (Wildman–Crippen LogP) is 14.5. The number of rotatable bonds is 6. The molecule has 0 radical (unpaired) electrons. The minimum atomic E-state index is 0.702. The van der Waals surface area contributed by atoms with E-state index in [1.165, 1.54) is 41.9 Å². The van der Waals surface area contributed by atoms with Crippen molar-refractivity contribution in [3.63, 3.8) is 0 Å². The summed E-state index contributed by atoms with van der Waals surface area (Å²) in [5.74, 6) is 0.702. The van der Waals surface area contributed by atoms with Crippen molar-refractivity contribution < 1.29 is 0 Å². The molecule has 0 saturated carbocycles. The van der Waals surface area contributed by atoms with Crippen molar-refractivity contribution in [2.45, 2.75) is 0 Å². The van der Waals surface area contributed by atoms with E-state index in [-0.39, 0.29) is 0 Å². The van der Waals surface area contributed by atoms with Crippen molar-refractivity contribution in [3.8, 4) is 67.4 Å². The molecule has 0 aliphatic carbocycles. The van der Waals surface area contributed by atoms with Gasteiger partial charge in [0.15, 0.2) is 5.82 Å². The Hall–Kier alpha value is -7.27. The highest BCUT2D eigenvalue weighted by Crippen LogP contribution is 2.45. The van der Waals surface area contributed by atoms with Crippen LogP contribution in [0.1, 0.15) is 0 Å². The minimum absolute atomic E-state index is 0.702. The summed E-state index contributed by atoms with van der Waals surface area (Å²) in [6, 6.07) is 70.7. The summed E-state index contributed by atoms with van der Waals surface area (Å²) in [6.07, 6.45) is 0. The summed E-state index contributed by atoms with van der Waals surface area (Å²) in [7, 11) is 0. The number of hydrogen-bond acceptors (Lipinski definition) is 4. The lowest BCUT2D eigenvalue weighted by molar-refractivity contribution is 1.18. The zero-order valence-corrected chi connectivity index (χ0v) is 31.6. The average molecular weight is 744 g/mol. The second-order valence-corrected chi connectivity index (χ2v) is 15.4. The van der Waals surface area contributed by atoms with E-state index in [4.69, 9.17) is 15.0 Å². The fraction of sp³-hybridized carbons (Fsp3) is 0. The Balaban J connectivity index is 1.00. The third kappa shape index (κ3) is 5.95.